The number of hydrogen-bond acceptors (Lipinski definition) is 7. The average Bonchev–Trinajstić information content (AvgIpc) is 3.14. The van der Waals surface area contributed by atoms with E-state index in [1.54, 1.807) is 18.4 Å². The maximum absolute atomic E-state index is 12.2. The minimum absolute atomic E-state index is 0.138. The molecule has 1 saturated heterocycles. The van der Waals surface area contributed by atoms with E-state index in [9.17, 15) is 9.59 Å². The number of piperidine rings is 1. The molecule has 1 fully saturated rings. The van der Waals surface area contributed by atoms with Crippen LogP contribution >= 0.6 is 11.3 Å². The van der Waals surface area contributed by atoms with Crippen LogP contribution in [-0.2, 0) is 20.8 Å². The molecule has 29 heavy (non-hydrogen) atoms. The maximum Gasteiger partial charge on any atom is 0.407 e. The number of anilines is 1. The predicted octanol–water partition coefficient (Wildman–Crippen LogP) is 3.36. The second-order valence-corrected chi connectivity index (χ2v) is 8.10. The maximum atomic E-state index is 12.2. The molecule has 0 spiro atoms. The number of hydrogen-bond donors (Lipinski definition) is 1. The van der Waals surface area contributed by atoms with Crippen LogP contribution in [0.5, 0.6) is 0 Å². The highest BCUT2D eigenvalue weighted by molar-refractivity contribution is 7.16. The highest BCUT2D eigenvalue weighted by atomic mass is 32.1. The van der Waals surface area contributed by atoms with Gasteiger partial charge >= 0.3 is 12.1 Å². The molecule has 0 bridgehead atoms. The lowest BCUT2D eigenvalue weighted by molar-refractivity contribution is 0.0547. The lowest BCUT2D eigenvalue weighted by atomic mass is 10.0. The number of carbonyl (C=O) groups is 2. The Hall–Kier alpha value is -2.58. The fraction of sp³-hybridized carbons (Fsp3) is 0.429. The Bertz CT molecular complexity index is 839. The van der Waals surface area contributed by atoms with Gasteiger partial charge in [0.1, 0.15) is 6.61 Å². The van der Waals surface area contributed by atoms with Gasteiger partial charge in [-0.25, -0.2) is 9.59 Å². The molecule has 2 atom stereocenters. The Morgan fingerprint density at radius 2 is 2.00 bits per heavy atom. The largest absolute Gasteiger partial charge is 0.465 e. The number of esters is 1. The topological polar surface area (TPSA) is 77.1 Å². The molecule has 156 valence electrons. The van der Waals surface area contributed by atoms with E-state index in [0.29, 0.717) is 18.5 Å². The van der Waals surface area contributed by atoms with Crippen LogP contribution < -0.4 is 10.2 Å². The average molecular weight is 419 g/mol. The van der Waals surface area contributed by atoms with Crippen LogP contribution in [-0.4, -0.2) is 51.5 Å². The van der Waals surface area contributed by atoms with Gasteiger partial charge in [-0.05, 0) is 25.0 Å². The molecular weight excluding hydrogens is 392 g/mol. The van der Waals surface area contributed by atoms with Gasteiger partial charge in [0.05, 0.1) is 29.8 Å². The van der Waals surface area contributed by atoms with Gasteiger partial charge in [-0.1, -0.05) is 30.3 Å². The molecule has 1 aromatic carbocycles. The van der Waals surface area contributed by atoms with Crippen molar-refractivity contribution in [2.75, 3.05) is 32.2 Å². The molecule has 1 aliphatic heterocycles. The monoisotopic (exact) mass is 418 g/mol. The summed E-state index contributed by atoms with van der Waals surface area (Å²) in [7, 11) is 3.02. The van der Waals surface area contributed by atoms with Gasteiger partial charge in [-0.15, -0.1) is 11.3 Å². The van der Waals surface area contributed by atoms with Gasteiger partial charge in [0.15, 0.2) is 0 Å². The molecule has 0 aliphatic carbocycles. The van der Waals surface area contributed by atoms with E-state index in [4.69, 9.17) is 14.2 Å². The summed E-state index contributed by atoms with van der Waals surface area (Å²) in [4.78, 5) is 27.2. The first-order valence-corrected chi connectivity index (χ1v) is 10.3. The molecule has 1 aromatic heterocycles. The van der Waals surface area contributed by atoms with Gasteiger partial charge in [-0.3, -0.25) is 0 Å². The van der Waals surface area contributed by atoms with Crippen LogP contribution in [0.25, 0.3) is 0 Å². The number of amides is 1. The molecule has 7 nitrogen and oxygen atoms in total. The molecule has 8 heteroatoms. The number of ether oxygens (including phenoxy) is 3. The number of rotatable bonds is 6. The summed E-state index contributed by atoms with van der Waals surface area (Å²) in [6, 6.07) is 11.3. The number of methoxy groups -OCH3 is 2. The van der Waals surface area contributed by atoms with Crippen LogP contribution in [0.1, 0.15) is 27.2 Å². The molecule has 1 amide bonds. The van der Waals surface area contributed by atoms with E-state index in [-0.39, 0.29) is 24.7 Å². The van der Waals surface area contributed by atoms with Crippen molar-refractivity contribution in [1.82, 2.24) is 5.32 Å². The minimum Gasteiger partial charge on any atom is -0.465 e. The third-order valence-corrected chi connectivity index (χ3v) is 6.11. The smallest absolute Gasteiger partial charge is 0.407 e. The summed E-state index contributed by atoms with van der Waals surface area (Å²) in [5.41, 5.74) is 1.53. The summed E-state index contributed by atoms with van der Waals surface area (Å²) in [5, 5.41) is 3.92. The number of alkyl carbamates (subject to hydrolysis) is 1. The summed E-state index contributed by atoms with van der Waals surface area (Å²) in [6.45, 7) is 3.49. The lowest BCUT2D eigenvalue weighted by Gasteiger charge is -2.38. The van der Waals surface area contributed by atoms with Crippen molar-refractivity contribution in [1.29, 1.82) is 0 Å². The molecule has 1 N–H and O–H groups in total. The van der Waals surface area contributed by atoms with E-state index in [1.807, 2.05) is 43.3 Å². The van der Waals surface area contributed by atoms with Crippen LogP contribution in [0.15, 0.2) is 36.4 Å². The van der Waals surface area contributed by atoms with Gasteiger partial charge in [0, 0.05) is 25.1 Å². The Morgan fingerprint density at radius 1 is 1.24 bits per heavy atom. The van der Waals surface area contributed by atoms with Gasteiger partial charge in [0.2, 0.25) is 0 Å². The Labute approximate surface area is 174 Å². The van der Waals surface area contributed by atoms with Gasteiger partial charge in [-0.2, -0.15) is 0 Å². The lowest BCUT2D eigenvalue weighted by Crippen LogP contribution is -2.54. The number of nitrogens with one attached hydrogen (secondary N) is 1. The number of carbonyl (C=O) groups excluding carboxylic acids is 2. The highest BCUT2D eigenvalue weighted by Crippen LogP contribution is 2.32. The van der Waals surface area contributed by atoms with Crippen molar-refractivity contribution in [3.8, 4) is 0 Å². The van der Waals surface area contributed by atoms with Gasteiger partial charge in [0.25, 0.3) is 0 Å². The molecule has 0 saturated carbocycles. The fourth-order valence-corrected chi connectivity index (χ4v) is 4.41. The predicted molar refractivity (Wildman–Crippen MR) is 112 cm³/mol. The third kappa shape index (κ3) is 5.27. The molecule has 2 heterocycles. The zero-order chi connectivity index (χ0) is 20.8. The van der Waals surface area contributed by atoms with E-state index < -0.39 is 6.09 Å². The first-order chi connectivity index (χ1) is 14.0. The molecule has 3 rings (SSSR count). The third-order valence-electron chi connectivity index (χ3n) is 5.00. The standard InChI is InChI=1S/C21H26N2O5S/c1-14-16(20(24)27-3)11-19(29-14)23-10-9-17(18(12-23)26-2)22-21(25)28-13-15-7-5-4-6-8-15/h4-8,11,17-18H,9-10,12-13H2,1-3H3,(H,22,25). The second kappa shape index (κ2) is 9.76. The molecule has 1 aliphatic rings. The van der Waals surface area contributed by atoms with E-state index in [2.05, 4.69) is 10.2 Å². The Balaban J connectivity index is 1.56. The van der Waals surface area contributed by atoms with Crippen LogP contribution in [0, 0.1) is 6.92 Å². The van der Waals surface area contributed by atoms with E-state index in [1.165, 1.54) is 7.11 Å². The number of thiophene rings is 1. The number of nitrogens with zero attached hydrogens (tertiary/aromatic N) is 1. The van der Waals surface area contributed by atoms with Gasteiger partial charge < -0.3 is 24.4 Å². The van der Waals surface area contributed by atoms with Crippen LogP contribution in [0.3, 0.4) is 0 Å². The van der Waals surface area contributed by atoms with Crippen LogP contribution in [0.2, 0.25) is 0 Å². The SMILES string of the molecule is COC(=O)c1cc(N2CCC(NC(=O)OCc3ccccc3)C(OC)C2)sc1C. The second-order valence-electron chi connectivity index (χ2n) is 6.87. The number of aryl methyl sites for hydroxylation is 1. The first kappa shape index (κ1) is 21.1. The van der Waals surface area contributed by atoms with Crippen molar-refractivity contribution in [2.24, 2.45) is 0 Å². The first-order valence-electron chi connectivity index (χ1n) is 9.45. The Kier molecular flexibility index (Phi) is 7.11. The van der Waals surface area contributed by atoms with Crippen molar-refractivity contribution >= 4 is 28.4 Å². The zero-order valence-corrected chi connectivity index (χ0v) is 17.7. The molecular formula is C21H26N2O5S. The number of benzene rings is 1. The Morgan fingerprint density at radius 3 is 2.69 bits per heavy atom. The summed E-state index contributed by atoms with van der Waals surface area (Å²) >= 11 is 1.56. The quantitative estimate of drug-likeness (QED) is 0.725. The summed E-state index contributed by atoms with van der Waals surface area (Å²) in [6.07, 6.45) is 0.0787. The summed E-state index contributed by atoms with van der Waals surface area (Å²) in [5.74, 6) is -0.328. The highest BCUT2D eigenvalue weighted by Gasteiger charge is 2.32. The summed E-state index contributed by atoms with van der Waals surface area (Å²) < 4.78 is 15.8. The normalized spacial score (nSPS) is 18.9. The van der Waals surface area contributed by atoms with Crippen molar-refractivity contribution in [3.63, 3.8) is 0 Å². The molecule has 2 unspecified atom stereocenters. The van der Waals surface area contributed by atoms with Crippen molar-refractivity contribution in [2.45, 2.75) is 32.1 Å². The molecule has 2 aromatic rings. The fourth-order valence-electron chi connectivity index (χ4n) is 3.37. The van der Waals surface area contributed by atoms with E-state index in [0.717, 1.165) is 22.0 Å². The molecule has 0 radical (unpaired) electrons. The van der Waals surface area contributed by atoms with Crippen LogP contribution in [0.4, 0.5) is 9.80 Å². The van der Waals surface area contributed by atoms with Crippen molar-refractivity contribution in [3.05, 3.63) is 52.4 Å². The minimum atomic E-state index is -0.450. The van der Waals surface area contributed by atoms with E-state index >= 15 is 0 Å². The zero-order valence-electron chi connectivity index (χ0n) is 16.8. The van der Waals surface area contributed by atoms with Crippen molar-refractivity contribution < 1.29 is 23.8 Å².